The third-order valence-corrected chi connectivity index (χ3v) is 4.31. The van der Waals surface area contributed by atoms with Crippen molar-refractivity contribution in [3.05, 3.63) is 28.2 Å². The fourth-order valence-electron chi connectivity index (χ4n) is 2.61. The van der Waals surface area contributed by atoms with Gasteiger partial charge in [0, 0.05) is 29.3 Å². The third-order valence-electron chi connectivity index (χ3n) is 3.81. The lowest BCUT2D eigenvalue weighted by Gasteiger charge is -2.23. The van der Waals surface area contributed by atoms with E-state index in [1.165, 1.54) is 30.8 Å². The Labute approximate surface area is 119 Å². The van der Waals surface area contributed by atoms with Crippen molar-refractivity contribution < 1.29 is 0 Å². The Bertz CT molecular complexity index is 405. The van der Waals surface area contributed by atoms with Crippen LogP contribution in [0.4, 0.5) is 5.69 Å². The van der Waals surface area contributed by atoms with Crippen LogP contribution in [0.1, 0.15) is 32.3 Å². The third kappa shape index (κ3) is 3.27. The summed E-state index contributed by atoms with van der Waals surface area (Å²) in [6, 6.07) is 6.87. The molecule has 0 saturated carbocycles. The highest BCUT2D eigenvalue weighted by atomic mass is 79.9. The molecule has 1 aromatic rings. The van der Waals surface area contributed by atoms with Gasteiger partial charge in [0.15, 0.2) is 0 Å². The summed E-state index contributed by atoms with van der Waals surface area (Å²) >= 11 is 3.57. The van der Waals surface area contributed by atoms with E-state index in [0.29, 0.717) is 0 Å². The van der Waals surface area contributed by atoms with Crippen molar-refractivity contribution in [3.63, 3.8) is 0 Å². The number of anilines is 1. The molecule has 1 aliphatic heterocycles. The lowest BCUT2D eigenvalue weighted by molar-refractivity contribution is 0.643. The normalized spacial score (nSPS) is 21.3. The summed E-state index contributed by atoms with van der Waals surface area (Å²) < 4.78 is 1.15. The maximum Gasteiger partial charge on any atom is 0.0400 e. The van der Waals surface area contributed by atoms with E-state index in [2.05, 4.69) is 52.9 Å². The summed E-state index contributed by atoms with van der Waals surface area (Å²) in [6.07, 6.45) is 3.30. The molecular formula is C15H23BrN2. The topological polar surface area (TPSA) is 29.3 Å². The van der Waals surface area contributed by atoms with Crippen molar-refractivity contribution in [2.75, 3.05) is 18.0 Å². The summed E-state index contributed by atoms with van der Waals surface area (Å²) in [7, 11) is 0. The van der Waals surface area contributed by atoms with Gasteiger partial charge in [-0.1, -0.05) is 29.8 Å². The monoisotopic (exact) mass is 310 g/mol. The minimum atomic E-state index is 0.262. The molecular weight excluding hydrogens is 288 g/mol. The molecule has 1 aromatic carbocycles. The molecule has 2 rings (SSSR count). The van der Waals surface area contributed by atoms with Gasteiger partial charge in [-0.05, 0) is 48.9 Å². The van der Waals surface area contributed by atoms with Gasteiger partial charge in [-0.25, -0.2) is 0 Å². The lowest BCUT2D eigenvalue weighted by atomic mass is 10.0. The summed E-state index contributed by atoms with van der Waals surface area (Å²) in [6.45, 7) is 6.84. The van der Waals surface area contributed by atoms with Crippen LogP contribution in [0.25, 0.3) is 0 Å². The van der Waals surface area contributed by atoms with Crippen molar-refractivity contribution in [2.45, 2.75) is 39.2 Å². The van der Waals surface area contributed by atoms with Crippen molar-refractivity contribution >= 4 is 21.6 Å². The Hall–Kier alpha value is -0.540. The molecule has 2 atom stereocenters. The highest BCUT2D eigenvalue weighted by Crippen LogP contribution is 2.30. The average molecular weight is 311 g/mol. The SMILES string of the molecule is CCC(N)Cc1cc(Br)ccc1N1CCC(C)C1. The van der Waals surface area contributed by atoms with E-state index in [9.17, 15) is 0 Å². The maximum atomic E-state index is 6.12. The molecule has 2 unspecified atom stereocenters. The predicted molar refractivity (Wildman–Crippen MR) is 82.1 cm³/mol. The van der Waals surface area contributed by atoms with Gasteiger partial charge in [-0.15, -0.1) is 0 Å². The molecule has 1 heterocycles. The van der Waals surface area contributed by atoms with Crippen molar-refractivity contribution in [3.8, 4) is 0 Å². The molecule has 3 heteroatoms. The smallest absolute Gasteiger partial charge is 0.0400 e. The van der Waals surface area contributed by atoms with E-state index >= 15 is 0 Å². The minimum absolute atomic E-state index is 0.262. The number of halogens is 1. The first-order valence-corrected chi connectivity index (χ1v) is 7.68. The second kappa shape index (κ2) is 6.07. The molecule has 2 N–H and O–H groups in total. The fourth-order valence-corrected chi connectivity index (χ4v) is 3.02. The van der Waals surface area contributed by atoms with Gasteiger partial charge in [-0.2, -0.15) is 0 Å². The quantitative estimate of drug-likeness (QED) is 0.921. The van der Waals surface area contributed by atoms with Crippen LogP contribution in [0.15, 0.2) is 22.7 Å². The molecule has 0 amide bonds. The highest BCUT2D eigenvalue weighted by molar-refractivity contribution is 9.10. The van der Waals surface area contributed by atoms with Crippen LogP contribution in [0, 0.1) is 5.92 Å². The van der Waals surface area contributed by atoms with E-state index in [1.807, 2.05) is 0 Å². The Kier molecular flexibility index (Phi) is 4.68. The average Bonchev–Trinajstić information content (AvgIpc) is 2.75. The molecule has 2 nitrogen and oxygen atoms in total. The number of hydrogen-bond donors (Lipinski definition) is 1. The number of hydrogen-bond acceptors (Lipinski definition) is 2. The zero-order valence-corrected chi connectivity index (χ0v) is 12.9. The fraction of sp³-hybridized carbons (Fsp3) is 0.600. The van der Waals surface area contributed by atoms with Gasteiger partial charge in [0.1, 0.15) is 0 Å². The van der Waals surface area contributed by atoms with Crippen LogP contribution in [-0.2, 0) is 6.42 Å². The first-order chi connectivity index (χ1) is 8.60. The molecule has 18 heavy (non-hydrogen) atoms. The van der Waals surface area contributed by atoms with Crippen LogP contribution < -0.4 is 10.6 Å². The molecule has 0 radical (unpaired) electrons. The molecule has 1 aliphatic rings. The Morgan fingerprint density at radius 3 is 2.89 bits per heavy atom. The Morgan fingerprint density at radius 1 is 1.50 bits per heavy atom. The summed E-state index contributed by atoms with van der Waals surface area (Å²) in [5, 5.41) is 0. The lowest BCUT2D eigenvalue weighted by Crippen LogP contribution is -2.25. The van der Waals surface area contributed by atoms with Crippen molar-refractivity contribution in [1.29, 1.82) is 0 Å². The predicted octanol–water partition coefficient (Wildman–Crippen LogP) is 3.58. The zero-order valence-electron chi connectivity index (χ0n) is 11.3. The largest absolute Gasteiger partial charge is 0.371 e. The first-order valence-electron chi connectivity index (χ1n) is 6.89. The van der Waals surface area contributed by atoms with Gasteiger partial charge < -0.3 is 10.6 Å². The van der Waals surface area contributed by atoms with Gasteiger partial charge in [0.2, 0.25) is 0 Å². The van der Waals surface area contributed by atoms with E-state index in [-0.39, 0.29) is 6.04 Å². The molecule has 1 saturated heterocycles. The Balaban J connectivity index is 2.22. The Morgan fingerprint density at radius 2 is 2.28 bits per heavy atom. The molecule has 0 aliphatic carbocycles. The standard InChI is InChI=1S/C15H23BrN2/c1-3-14(17)9-12-8-13(16)4-5-15(12)18-7-6-11(2)10-18/h4-5,8,11,14H,3,6-7,9-10,17H2,1-2H3. The van der Waals surface area contributed by atoms with E-state index in [1.54, 1.807) is 0 Å². The van der Waals surface area contributed by atoms with Crippen molar-refractivity contribution in [1.82, 2.24) is 0 Å². The van der Waals surface area contributed by atoms with Crippen molar-refractivity contribution in [2.24, 2.45) is 11.7 Å². The summed E-state index contributed by atoms with van der Waals surface area (Å²) in [4.78, 5) is 2.51. The van der Waals surface area contributed by atoms with E-state index < -0.39 is 0 Å². The number of nitrogens with two attached hydrogens (primary N) is 1. The van der Waals surface area contributed by atoms with Gasteiger partial charge >= 0.3 is 0 Å². The van der Waals surface area contributed by atoms with Crippen LogP contribution in [0.3, 0.4) is 0 Å². The minimum Gasteiger partial charge on any atom is -0.371 e. The van der Waals surface area contributed by atoms with Gasteiger partial charge in [0.25, 0.3) is 0 Å². The maximum absolute atomic E-state index is 6.12. The second-order valence-electron chi connectivity index (χ2n) is 5.49. The van der Waals surface area contributed by atoms with Crippen LogP contribution in [0.5, 0.6) is 0 Å². The van der Waals surface area contributed by atoms with Gasteiger partial charge in [-0.3, -0.25) is 0 Å². The van der Waals surface area contributed by atoms with Crippen LogP contribution in [0.2, 0.25) is 0 Å². The summed E-state index contributed by atoms with van der Waals surface area (Å²) in [5.41, 5.74) is 8.88. The van der Waals surface area contributed by atoms with Crippen LogP contribution >= 0.6 is 15.9 Å². The zero-order chi connectivity index (χ0) is 13.1. The molecule has 1 fully saturated rings. The first kappa shape index (κ1) is 13.9. The summed E-state index contributed by atoms with van der Waals surface area (Å²) in [5.74, 6) is 0.807. The van der Waals surface area contributed by atoms with Crippen LogP contribution in [-0.4, -0.2) is 19.1 Å². The second-order valence-corrected chi connectivity index (χ2v) is 6.40. The molecule has 100 valence electrons. The number of benzene rings is 1. The molecule has 0 aromatic heterocycles. The molecule has 0 spiro atoms. The highest BCUT2D eigenvalue weighted by Gasteiger charge is 2.21. The number of rotatable bonds is 4. The van der Waals surface area contributed by atoms with E-state index in [0.717, 1.165) is 23.2 Å². The van der Waals surface area contributed by atoms with E-state index in [4.69, 9.17) is 5.73 Å². The van der Waals surface area contributed by atoms with Gasteiger partial charge in [0.05, 0.1) is 0 Å². The molecule has 0 bridgehead atoms. The number of nitrogens with zero attached hydrogens (tertiary/aromatic N) is 1.